The Morgan fingerprint density at radius 3 is 1.42 bits per heavy atom. The summed E-state index contributed by atoms with van der Waals surface area (Å²) in [5.41, 5.74) is 0. The summed E-state index contributed by atoms with van der Waals surface area (Å²) in [5, 5.41) is 0. The van der Waals surface area contributed by atoms with Crippen molar-refractivity contribution in [3.63, 3.8) is 0 Å². The lowest BCUT2D eigenvalue weighted by atomic mass is 10.3. The van der Waals surface area contributed by atoms with E-state index < -0.39 is 7.25 Å². The van der Waals surface area contributed by atoms with Gasteiger partial charge in [0.2, 0.25) is 0 Å². The summed E-state index contributed by atoms with van der Waals surface area (Å²) in [7, 11) is -2.59. The third kappa shape index (κ3) is 8.71. The number of alkyl halides is 1. The van der Waals surface area contributed by atoms with Gasteiger partial charge in [0.1, 0.15) is 17.3 Å². The number of hydrogen-bond acceptors (Lipinski definition) is 2. The Morgan fingerprint density at radius 2 is 1.15 bits per heavy atom. The molecule has 144 valence electrons. The highest BCUT2D eigenvalue weighted by atomic mass is 35.5. The van der Waals surface area contributed by atoms with E-state index in [9.17, 15) is 17.3 Å². The summed E-state index contributed by atoms with van der Waals surface area (Å²) in [6.45, 7) is 0. The van der Waals surface area contributed by atoms with Crippen molar-refractivity contribution < 1.29 is 26.7 Å². The van der Waals surface area contributed by atoms with Crippen LogP contribution in [0.25, 0.3) is 0 Å². The molecule has 0 heterocycles. The molecule has 0 saturated carbocycles. The van der Waals surface area contributed by atoms with Crippen LogP contribution in [0.5, 0.6) is 11.5 Å². The fourth-order valence-corrected chi connectivity index (χ4v) is 4.45. The molecule has 0 aliphatic heterocycles. The van der Waals surface area contributed by atoms with Gasteiger partial charge in [-0.15, -0.1) is 11.6 Å². The minimum Gasteiger partial charge on any atom is -0.497 e. The molecular weight excluding hydrogens is 391 g/mol. The fourth-order valence-electron chi connectivity index (χ4n) is 2.05. The van der Waals surface area contributed by atoms with E-state index in [0.717, 1.165) is 23.7 Å². The summed E-state index contributed by atoms with van der Waals surface area (Å²) in [6.07, 6.45) is 1.00. The molecule has 2 rings (SSSR count). The molecule has 0 N–H and O–H groups in total. The normalized spacial score (nSPS) is 10.9. The van der Waals surface area contributed by atoms with Crippen LogP contribution >= 0.6 is 11.6 Å². The van der Waals surface area contributed by atoms with Crippen molar-refractivity contribution in [2.24, 2.45) is 0 Å². The first-order chi connectivity index (χ1) is 12.3. The first-order valence-electron chi connectivity index (χ1n) is 7.70. The van der Waals surface area contributed by atoms with Crippen molar-refractivity contribution in [2.75, 3.05) is 25.9 Å². The maximum Gasteiger partial charge on any atom is 0.673 e. The van der Waals surface area contributed by atoms with Crippen molar-refractivity contribution in [1.82, 2.24) is 0 Å². The van der Waals surface area contributed by atoms with Crippen LogP contribution in [0.4, 0.5) is 17.3 Å². The van der Waals surface area contributed by atoms with Gasteiger partial charge in [-0.2, -0.15) is 0 Å². The molecule has 0 amide bonds. The van der Waals surface area contributed by atoms with Crippen LogP contribution in [0.1, 0.15) is 6.42 Å². The van der Waals surface area contributed by atoms with Gasteiger partial charge in [0.05, 0.1) is 25.1 Å². The number of benzene rings is 2. The molecule has 9 heteroatoms. The Morgan fingerprint density at radius 1 is 0.808 bits per heavy atom. The van der Waals surface area contributed by atoms with E-state index >= 15 is 0 Å². The van der Waals surface area contributed by atoms with Crippen molar-refractivity contribution >= 4 is 29.8 Å². The highest BCUT2D eigenvalue weighted by Crippen LogP contribution is 2.27. The van der Waals surface area contributed by atoms with Gasteiger partial charge in [-0.25, -0.2) is 0 Å². The zero-order chi connectivity index (χ0) is 19.6. The Hall–Kier alpha value is -1.54. The second kappa shape index (κ2) is 11.2. The maximum atomic E-state index is 9.75. The summed E-state index contributed by atoms with van der Waals surface area (Å²) in [6, 6.07) is 16.6. The smallest absolute Gasteiger partial charge is 0.497 e. The van der Waals surface area contributed by atoms with E-state index in [4.69, 9.17) is 21.1 Å². The maximum absolute atomic E-state index is 9.75. The molecule has 0 unspecified atom stereocenters. The fraction of sp³-hybridized carbons (Fsp3) is 0.294. The van der Waals surface area contributed by atoms with Crippen LogP contribution in [0.15, 0.2) is 58.3 Å². The number of methoxy groups -OCH3 is 2. The van der Waals surface area contributed by atoms with E-state index in [0.29, 0.717) is 5.88 Å². The molecule has 0 aliphatic rings. The summed E-state index contributed by atoms with van der Waals surface area (Å²) < 4.78 is 49.5. The second-order valence-corrected chi connectivity index (χ2v) is 7.49. The number of halogens is 5. The molecule has 0 saturated heterocycles. The third-order valence-electron chi connectivity index (χ3n) is 3.17. The van der Waals surface area contributed by atoms with Crippen molar-refractivity contribution in [1.29, 1.82) is 0 Å². The van der Waals surface area contributed by atoms with Gasteiger partial charge in [0.25, 0.3) is 0 Å². The van der Waals surface area contributed by atoms with Crippen molar-refractivity contribution in [2.45, 2.75) is 16.2 Å². The standard InChI is InChI=1S/C17H20ClO2S.BF4/c1-19-14-4-8-16(9-5-14)21(13-3-12-18)17-10-6-15(20-2)7-11-17;2-1(3,4)5/h4-11H,3,12-13H2,1-2H3;/q+1;-1. The zero-order valence-corrected chi connectivity index (χ0v) is 16.0. The number of rotatable bonds is 7. The molecule has 0 bridgehead atoms. The van der Waals surface area contributed by atoms with Crippen LogP contribution in [-0.4, -0.2) is 33.1 Å². The van der Waals surface area contributed by atoms with Crippen LogP contribution in [0, 0.1) is 0 Å². The number of ether oxygens (including phenoxy) is 2. The average Bonchev–Trinajstić information content (AvgIpc) is 2.61. The average molecular weight is 411 g/mol. The van der Waals surface area contributed by atoms with Crippen LogP contribution in [0.2, 0.25) is 0 Å². The molecular formula is C17H20BClF4O2S. The van der Waals surface area contributed by atoms with E-state index in [1.165, 1.54) is 9.79 Å². The monoisotopic (exact) mass is 410 g/mol. The molecule has 0 spiro atoms. The third-order valence-corrected chi connectivity index (χ3v) is 5.82. The van der Waals surface area contributed by atoms with Crippen molar-refractivity contribution in [3.8, 4) is 11.5 Å². The zero-order valence-electron chi connectivity index (χ0n) is 14.4. The summed E-state index contributed by atoms with van der Waals surface area (Å²) in [4.78, 5) is 2.62. The topological polar surface area (TPSA) is 18.5 Å². The predicted octanol–water partition coefficient (Wildman–Crippen LogP) is 5.67. The molecule has 26 heavy (non-hydrogen) atoms. The first kappa shape index (κ1) is 22.5. The lowest BCUT2D eigenvalue weighted by Gasteiger charge is -2.09. The van der Waals surface area contributed by atoms with Gasteiger partial charge in [-0.1, -0.05) is 0 Å². The van der Waals surface area contributed by atoms with E-state index in [1.54, 1.807) is 14.2 Å². The van der Waals surface area contributed by atoms with Gasteiger partial charge in [-0.3, -0.25) is 0 Å². The van der Waals surface area contributed by atoms with Gasteiger partial charge < -0.3 is 26.7 Å². The predicted molar refractivity (Wildman–Crippen MR) is 100 cm³/mol. The Labute approximate surface area is 158 Å². The molecule has 2 nitrogen and oxygen atoms in total. The molecule has 2 aromatic carbocycles. The van der Waals surface area contributed by atoms with Gasteiger partial charge in [0.15, 0.2) is 9.79 Å². The molecule has 0 radical (unpaired) electrons. The van der Waals surface area contributed by atoms with E-state index in [-0.39, 0.29) is 10.9 Å². The molecule has 0 aliphatic carbocycles. The van der Waals surface area contributed by atoms with Crippen LogP contribution in [-0.2, 0) is 10.9 Å². The van der Waals surface area contributed by atoms with Crippen LogP contribution < -0.4 is 9.47 Å². The highest BCUT2D eigenvalue weighted by molar-refractivity contribution is 7.97. The summed E-state index contributed by atoms with van der Waals surface area (Å²) in [5.74, 6) is 3.52. The molecule has 0 aromatic heterocycles. The molecule has 2 aromatic rings. The largest absolute Gasteiger partial charge is 0.673 e. The Kier molecular flexibility index (Phi) is 9.73. The van der Waals surface area contributed by atoms with Gasteiger partial charge in [0, 0.05) is 12.3 Å². The van der Waals surface area contributed by atoms with E-state index in [1.807, 2.05) is 24.3 Å². The minimum atomic E-state index is -6.00. The van der Waals surface area contributed by atoms with Crippen molar-refractivity contribution in [3.05, 3.63) is 48.5 Å². The Balaban J connectivity index is 0.000000597. The van der Waals surface area contributed by atoms with Gasteiger partial charge >= 0.3 is 7.25 Å². The second-order valence-electron chi connectivity index (χ2n) is 4.98. The number of hydrogen-bond donors (Lipinski definition) is 0. The van der Waals surface area contributed by atoms with Crippen LogP contribution in [0.3, 0.4) is 0 Å². The lowest BCUT2D eigenvalue weighted by Crippen LogP contribution is -2.09. The Bertz CT molecular complexity index is 585. The quantitative estimate of drug-likeness (QED) is 0.253. The summed E-state index contributed by atoms with van der Waals surface area (Å²) >= 11 is 5.88. The SMILES string of the molecule is COc1ccc([S+](CCCCl)c2ccc(OC)cc2)cc1.F[B-](F)(F)F. The van der Waals surface area contributed by atoms with E-state index in [2.05, 4.69) is 24.3 Å². The first-order valence-corrected chi connectivity index (χ1v) is 9.63. The van der Waals surface area contributed by atoms with Gasteiger partial charge in [-0.05, 0) is 48.5 Å². The lowest BCUT2D eigenvalue weighted by molar-refractivity contribution is 0.368. The highest BCUT2D eigenvalue weighted by Gasteiger charge is 2.24. The molecule has 0 atom stereocenters. The molecule has 0 fully saturated rings. The minimum absolute atomic E-state index is 0.0328.